The van der Waals surface area contributed by atoms with Gasteiger partial charge in [-0.3, -0.25) is 9.97 Å². The minimum Gasteiger partial charge on any atom is -0.389 e. The molecule has 0 N–H and O–H groups in total. The molecule has 152 valence electrons. The van der Waals surface area contributed by atoms with Crippen LogP contribution in [0.15, 0.2) is 64.9 Å². The second-order valence-electron chi connectivity index (χ2n) is 6.81. The Morgan fingerprint density at radius 1 is 1.10 bits per heavy atom. The topological polar surface area (TPSA) is 109 Å². The van der Waals surface area contributed by atoms with Crippen LogP contribution >= 0.6 is 0 Å². The highest BCUT2D eigenvalue weighted by Crippen LogP contribution is 2.25. The van der Waals surface area contributed by atoms with Gasteiger partial charge in [0, 0.05) is 43.7 Å². The van der Waals surface area contributed by atoms with Gasteiger partial charge < -0.3 is 4.84 Å². The summed E-state index contributed by atoms with van der Waals surface area (Å²) in [5.41, 5.74) is 2.41. The standard InChI is InChI=1S/C21H19N5O3S/c22-14-16-6-10-23-19(13-16)15-29-25-18-7-11-26(12-8-18)30(27,28)20-5-1-3-17-4-2-9-24-21(17)20/h1-6,9-10,13H,7-8,11-12,15H2. The summed E-state index contributed by atoms with van der Waals surface area (Å²) in [6.45, 7) is 0.814. The predicted molar refractivity (Wildman–Crippen MR) is 111 cm³/mol. The van der Waals surface area contributed by atoms with Crippen molar-refractivity contribution in [1.82, 2.24) is 14.3 Å². The molecule has 0 unspecified atom stereocenters. The molecular weight excluding hydrogens is 402 g/mol. The third-order valence-electron chi connectivity index (χ3n) is 4.86. The Balaban J connectivity index is 1.41. The molecule has 0 spiro atoms. The number of benzene rings is 1. The minimum atomic E-state index is -3.65. The minimum absolute atomic E-state index is 0.155. The van der Waals surface area contributed by atoms with Gasteiger partial charge >= 0.3 is 0 Å². The summed E-state index contributed by atoms with van der Waals surface area (Å²) in [7, 11) is -3.65. The van der Waals surface area contributed by atoms with Crippen LogP contribution < -0.4 is 0 Å². The first-order chi connectivity index (χ1) is 14.6. The van der Waals surface area contributed by atoms with Crippen LogP contribution in [0.2, 0.25) is 0 Å². The van der Waals surface area contributed by atoms with Crippen molar-refractivity contribution in [2.24, 2.45) is 5.16 Å². The SMILES string of the molecule is N#Cc1ccnc(CON=C2CCN(S(=O)(=O)c3cccc4cccnc34)CC2)c1. The number of rotatable bonds is 5. The number of aromatic nitrogens is 2. The van der Waals surface area contributed by atoms with E-state index in [0.29, 0.717) is 42.7 Å². The second-order valence-corrected chi connectivity index (χ2v) is 8.72. The molecule has 1 aliphatic heterocycles. The van der Waals surface area contributed by atoms with Crippen molar-refractivity contribution in [3.63, 3.8) is 0 Å². The zero-order chi connectivity index (χ0) is 21.0. The van der Waals surface area contributed by atoms with Crippen LogP contribution in [-0.4, -0.2) is 41.5 Å². The molecule has 9 heteroatoms. The molecule has 0 aliphatic carbocycles. The number of pyridine rings is 2. The third kappa shape index (κ3) is 4.15. The maximum Gasteiger partial charge on any atom is 0.245 e. The van der Waals surface area contributed by atoms with E-state index in [9.17, 15) is 8.42 Å². The summed E-state index contributed by atoms with van der Waals surface area (Å²) < 4.78 is 27.8. The van der Waals surface area contributed by atoms with Crippen molar-refractivity contribution in [2.75, 3.05) is 13.1 Å². The first-order valence-electron chi connectivity index (χ1n) is 9.44. The maximum atomic E-state index is 13.1. The molecule has 1 fully saturated rings. The lowest BCUT2D eigenvalue weighted by Gasteiger charge is -2.27. The smallest absolute Gasteiger partial charge is 0.245 e. The van der Waals surface area contributed by atoms with Crippen LogP contribution in [0.4, 0.5) is 0 Å². The summed E-state index contributed by atoms with van der Waals surface area (Å²) in [4.78, 5) is 14.0. The largest absolute Gasteiger partial charge is 0.389 e. The van der Waals surface area contributed by atoms with Crippen molar-refractivity contribution in [3.8, 4) is 6.07 Å². The quantitative estimate of drug-likeness (QED) is 0.586. The summed E-state index contributed by atoms with van der Waals surface area (Å²) in [5, 5.41) is 13.8. The number of nitrogens with zero attached hydrogens (tertiary/aromatic N) is 5. The van der Waals surface area contributed by atoms with Crippen LogP contribution in [0.25, 0.3) is 10.9 Å². The van der Waals surface area contributed by atoms with Gasteiger partial charge in [-0.15, -0.1) is 0 Å². The summed E-state index contributed by atoms with van der Waals surface area (Å²) in [6, 6.07) is 14.1. The molecule has 0 atom stereocenters. The lowest BCUT2D eigenvalue weighted by molar-refractivity contribution is 0.125. The van der Waals surface area contributed by atoms with Crippen LogP contribution in [0.3, 0.4) is 0 Å². The Labute approximate surface area is 174 Å². The van der Waals surface area contributed by atoms with Crippen LogP contribution in [0.5, 0.6) is 0 Å². The summed E-state index contributed by atoms with van der Waals surface area (Å²) in [5.74, 6) is 0. The molecule has 8 nitrogen and oxygen atoms in total. The van der Waals surface area contributed by atoms with Crippen molar-refractivity contribution in [1.29, 1.82) is 5.26 Å². The molecule has 1 aliphatic rings. The van der Waals surface area contributed by atoms with E-state index in [-0.39, 0.29) is 11.5 Å². The van der Waals surface area contributed by atoms with Crippen LogP contribution in [0, 0.1) is 11.3 Å². The molecule has 2 aromatic heterocycles. The van der Waals surface area contributed by atoms with Gasteiger partial charge in [-0.25, -0.2) is 8.42 Å². The number of piperidine rings is 1. The summed E-state index contributed by atoms with van der Waals surface area (Å²) in [6.07, 6.45) is 4.13. The zero-order valence-corrected chi connectivity index (χ0v) is 16.9. The summed E-state index contributed by atoms with van der Waals surface area (Å²) >= 11 is 0. The van der Waals surface area contributed by atoms with E-state index in [0.717, 1.165) is 11.1 Å². The molecule has 30 heavy (non-hydrogen) atoms. The van der Waals surface area contributed by atoms with Crippen LogP contribution in [0.1, 0.15) is 24.1 Å². The fourth-order valence-electron chi connectivity index (χ4n) is 3.32. The fraction of sp³-hybridized carbons (Fsp3) is 0.238. The molecule has 4 rings (SSSR count). The Kier molecular flexibility index (Phi) is 5.70. The van der Waals surface area contributed by atoms with Gasteiger partial charge in [-0.2, -0.15) is 9.57 Å². The number of nitriles is 1. The van der Waals surface area contributed by atoms with E-state index in [1.54, 1.807) is 42.7 Å². The number of sulfonamides is 1. The second kappa shape index (κ2) is 8.57. The van der Waals surface area contributed by atoms with E-state index in [4.69, 9.17) is 10.1 Å². The van der Waals surface area contributed by atoms with Crippen molar-refractivity contribution in [3.05, 3.63) is 66.1 Å². The number of fused-ring (bicyclic) bond motifs is 1. The molecule has 3 aromatic rings. The Morgan fingerprint density at radius 3 is 2.70 bits per heavy atom. The van der Waals surface area contributed by atoms with Gasteiger partial charge in [0.15, 0.2) is 6.61 Å². The molecule has 0 saturated carbocycles. The van der Waals surface area contributed by atoms with Crippen molar-refractivity contribution in [2.45, 2.75) is 24.3 Å². The average Bonchev–Trinajstić information content (AvgIpc) is 2.79. The molecule has 1 aromatic carbocycles. The van der Waals surface area contributed by atoms with E-state index < -0.39 is 10.0 Å². The predicted octanol–water partition coefficient (Wildman–Crippen LogP) is 2.86. The lowest BCUT2D eigenvalue weighted by Crippen LogP contribution is -2.38. The normalized spacial score (nSPS) is 15.0. The number of hydrogen-bond acceptors (Lipinski definition) is 7. The fourth-order valence-corrected chi connectivity index (χ4v) is 4.92. The van der Waals surface area contributed by atoms with Gasteiger partial charge in [0.25, 0.3) is 0 Å². The molecule has 0 amide bonds. The van der Waals surface area contributed by atoms with Gasteiger partial charge in [0.1, 0.15) is 4.90 Å². The first-order valence-corrected chi connectivity index (χ1v) is 10.9. The third-order valence-corrected chi connectivity index (χ3v) is 6.80. The monoisotopic (exact) mass is 421 g/mol. The highest BCUT2D eigenvalue weighted by molar-refractivity contribution is 7.89. The van der Waals surface area contributed by atoms with E-state index in [1.165, 1.54) is 4.31 Å². The van der Waals surface area contributed by atoms with Gasteiger partial charge in [0.2, 0.25) is 10.0 Å². The molecule has 1 saturated heterocycles. The van der Waals surface area contributed by atoms with E-state index >= 15 is 0 Å². The Hall–Kier alpha value is -3.35. The van der Waals surface area contributed by atoms with Crippen molar-refractivity contribution < 1.29 is 13.3 Å². The van der Waals surface area contributed by atoms with Gasteiger partial charge in [-0.05, 0) is 24.3 Å². The molecule has 0 radical (unpaired) electrons. The van der Waals surface area contributed by atoms with Crippen LogP contribution in [-0.2, 0) is 21.5 Å². The number of oxime groups is 1. The van der Waals surface area contributed by atoms with Crippen molar-refractivity contribution >= 4 is 26.6 Å². The molecular formula is C21H19N5O3S. The van der Waals surface area contributed by atoms with E-state index in [2.05, 4.69) is 21.2 Å². The lowest BCUT2D eigenvalue weighted by atomic mass is 10.1. The molecule has 3 heterocycles. The Morgan fingerprint density at radius 2 is 1.90 bits per heavy atom. The van der Waals surface area contributed by atoms with Gasteiger partial charge in [-0.1, -0.05) is 23.4 Å². The average molecular weight is 421 g/mol. The zero-order valence-electron chi connectivity index (χ0n) is 16.1. The highest BCUT2D eigenvalue weighted by atomic mass is 32.2. The molecule has 0 bridgehead atoms. The maximum absolute atomic E-state index is 13.1. The van der Waals surface area contributed by atoms with E-state index in [1.807, 2.05) is 12.1 Å². The number of hydrogen-bond donors (Lipinski definition) is 0. The highest BCUT2D eigenvalue weighted by Gasteiger charge is 2.29. The first kappa shape index (κ1) is 19.9. The Bertz CT molecular complexity index is 1240. The van der Waals surface area contributed by atoms with Gasteiger partial charge in [0.05, 0.1) is 28.6 Å². The number of para-hydroxylation sites is 1.